The Hall–Kier alpha value is -9.26. The van der Waals surface area contributed by atoms with E-state index in [1.165, 1.54) is 146 Å². The molecule has 14 aromatic rings. The highest BCUT2D eigenvalue weighted by Gasteiger charge is 2.45. The summed E-state index contributed by atoms with van der Waals surface area (Å²) in [6.07, 6.45) is 0. The molecule has 2 aromatic heterocycles. The smallest absolute Gasteiger partial charge is 0.252 e. The molecule has 12 aromatic carbocycles. The van der Waals surface area contributed by atoms with Crippen LogP contribution in [0.2, 0.25) is 0 Å². The van der Waals surface area contributed by atoms with Crippen LogP contribution in [-0.2, 0) is 21.7 Å². The molecule has 5 heteroatoms. The highest BCUT2D eigenvalue weighted by molar-refractivity contribution is 7.26. The second-order valence-electron chi connectivity index (χ2n) is 30.2. The molecule has 0 aliphatic carbocycles. The van der Waals surface area contributed by atoms with E-state index in [2.05, 4.69) is 342 Å². The normalized spacial score (nSPS) is 13.3. The Kier molecular flexibility index (Phi) is 13.7. The minimum absolute atomic E-state index is 0.0862. The molecule has 0 saturated heterocycles. The largest absolute Gasteiger partial charge is 0.311 e. The fourth-order valence-electron chi connectivity index (χ4n) is 14.6. The Morgan fingerprint density at radius 2 is 0.581 bits per heavy atom. The molecule has 16 rings (SSSR count). The molecule has 4 heterocycles. The molecule has 2 aliphatic heterocycles. The van der Waals surface area contributed by atoms with Crippen molar-refractivity contribution in [3.8, 4) is 55.6 Å². The third-order valence-corrected chi connectivity index (χ3v) is 22.1. The third-order valence-electron chi connectivity index (χ3n) is 19.8. The van der Waals surface area contributed by atoms with Crippen LogP contribution < -0.4 is 26.2 Å². The molecule has 0 fully saturated rings. The van der Waals surface area contributed by atoms with Gasteiger partial charge in [0.2, 0.25) is 0 Å². The first-order valence-electron chi connectivity index (χ1n) is 33.1. The summed E-state index contributed by atoms with van der Waals surface area (Å²) in [6.45, 7) is 28.1. The lowest BCUT2D eigenvalue weighted by molar-refractivity contribution is 0.568. The van der Waals surface area contributed by atoms with E-state index < -0.39 is 0 Å². The zero-order chi connectivity index (χ0) is 64.0. The summed E-state index contributed by atoms with van der Waals surface area (Å²) in [5.74, 6) is 0. The summed E-state index contributed by atoms with van der Waals surface area (Å²) in [5, 5.41) is 5.14. The highest BCUT2D eigenvalue weighted by Crippen LogP contribution is 2.53. The van der Waals surface area contributed by atoms with Crippen molar-refractivity contribution in [3.05, 3.63) is 271 Å². The van der Waals surface area contributed by atoms with Crippen LogP contribution in [0.3, 0.4) is 0 Å². The lowest BCUT2D eigenvalue weighted by Gasteiger charge is -2.45. The van der Waals surface area contributed by atoms with Crippen LogP contribution in [-0.4, -0.2) is 6.71 Å². The fourth-order valence-corrected chi connectivity index (χ4v) is 16.9. The highest BCUT2D eigenvalue weighted by atomic mass is 32.1. The van der Waals surface area contributed by atoms with Gasteiger partial charge in [0.05, 0.1) is 11.4 Å². The first-order valence-corrected chi connectivity index (χ1v) is 34.7. The van der Waals surface area contributed by atoms with Gasteiger partial charge >= 0.3 is 0 Å². The number of benzene rings is 12. The molecule has 93 heavy (non-hydrogen) atoms. The van der Waals surface area contributed by atoms with E-state index in [0.29, 0.717) is 0 Å². The zero-order valence-electron chi connectivity index (χ0n) is 55.5. The van der Waals surface area contributed by atoms with Gasteiger partial charge in [0.25, 0.3) is 6.71 Å². The SMILES string of the molecule is CC(C)(C)c1cc(-c2ccccc2N2c3cc4c(cc3B3c5cc6sc7ccccc7c6cc5N(c5ccccc5-c5cc(C(C)(C)C)cc(C(C)(C)C)c5)c5cc(-c6cc(-c7ccccc7)cc(-c7ccccc7)c6)cc2c53)sc2ccccc24)cc(C(C)(C)C)c1. The van der Waals surface area contributed by atoms with Gasteiger partial charge in [0.1, 0.15) is 0 Å². The molecule has 0 radical (unpaired) electrons. The minimum atomic E-state index is -0.144. The lowest BCUT2D eigenvalue weighted by atomic mass is 9.33. The number of fused-ring (bicyclic) bond motifs is 10. The number of para-hydroxylation sites is 2. The first-order chi connectivity index (χ1) is 44.6. The molecular weight excluding hydrogens is 1160 g/mol. The maximum absolute atomic E-state index is 2.70. The van der Waals surface area contributed by atoms with E-state index in [0.717, 1.165) is 22.5 Å². The molecule has 0 saturated carbocycles. The van der Waals surface area contributed by atoms with E-state index in [1.807, 2.05) is 22.7 Å². The van der Waals surface area contributed by atoms with Gasteiger partial charge in [-0.2, -0.15) is 0 Å². The van der Waals surface area contributed by atoms with Crippen LogP contribution in [0.1, 0.15) is 105 Å². The molecule has 2 aliphatic rings. The van der Waals surface area contributed by atoms with Gasteiger partial charge in [0.15, 0.2) is 0 Å². The summed E-state index contributed by atoms with van der Waals surface area (Å²) >= 11 is 3.83. The molecule has 0 bridgehead atoms. The Morgan fingerprint density at radius 1 is 0.247 bits per heavy atom. The summed E-state index contributed by atoms with van der Waals surface area (Å²) in [7, 11) is 0. The summed E-state index contributed by atoms with van der Waals surface area (Å²) in [5.41, 5.74) is 27.8. The average Bonchev–Trinajstić information content (AvgIpc) is 1.56. The fraction of sp³-hybridized carbons (Fsp3) is 0.182. The Morgan fingerprint density at radius 3 is 0.968 bits per heavy atom. The summed E-state index contributed by atoms with van der Waals surface area (Å²) in [6, 6.07) is 96.2. The van der Waals surface area contributed by atoms with Crippen molar-refractivity contribution in [1.29, 1.82) is 0 Å². The van der Waals surface area contributed by atoms with Crippen molar-refractivity contribution >= 4 is 120 Å². The molecule has 2 nitrogen and oxygen atoms in total. The number of hydrogen-bond donors (Lipinski definition) is 0. The van der Waals surface area contributed by atoms with Gasteiger partial charge in [-0.1, -0.05) is 253 Å². The van der Waals surface area contributed by atoms with Gasteiger partial charge in [-0.3, -0.25) is 0 Å². The predicted molar refractivity (Wildman–Crippen MR) is 408 cm³/mol. The van der Waals surface area contributed by atoms with Crippen LogP contribution >= 0.6 is 22.7 Å². The van der Waals surface area contributed by atoms with Crippen molar-refractivity contribution < 1.29 is 0 Å². The maximum atomic E-state index is 2.70. The van der Waals surface area contributed by atoms with E-state index in [-0.39, 0.29) is 28.4 Å². The first kappa shape index (κ1) is 58.8. The van der Waals surface area contributed by atoms with Crippen molar-refractivity contribution in [3.63, 3.8) is 0 Å². The molecule has 0 unspecified atom stereocenters. The average molecular weight is 1240 g/mol. The maximum Gasteiger partial charge on any atom is 0.252 e. The van der Waals surface area contributed by atoms with Crippen LogP contribution in [0, 0.1) is 0 Å². The van der Waals surface area contributed by atoms with E-state index in [4.69, 9.17) is 0 Å². The Labute approximate surface area is 557 Å². The van der Waals surface area contributed by atoms with Crippen LogP contribution in [0.15, 0.2) is 249 Å². The van der Waals surface area contributed by atoms with Crippen molar-refractivity contribution in [2.24, 2.45) is 0 Å². The van der Waals surface area contributed by atoms with Crippen molar-refractivity contribution in [2.75, 3.05) is 9.80 Å². The standard InChI is InChI=1S/C88H77BN2S2/c1-85(2,3)62-42-60(43-63(48-62)86(4,5)6)66-31-19-23-35-74(66)90-76-50-70-68-33-21-25-37-80(68)92-82(70)52-72(76)89-73-53-83-71(69-34-22-26-38-81(69)93-83)51-77(73)91(75-36-24-20-32-67(75)61-44-64(87(7,8)9)49-65(45-61)88(10,11)12)79-47-59(46-78(90)84(79)89)58-40-56(54-27-15-13-16-28-54)39-57(41-58)55-29-17-14-18-30-55/h13-53H,1-12H3. The monoisotopic (exact) mass is 1240 g/mol. The molecule has 454 valence electrons. The third kappa shape index (κ3) is 10.1. The second kappa shape index (κ2) is 21.7. The number of nitrogens with zero attached hydrogens (tertiary/aromatic N) is 2. The van der Waals surface area contributed by atoms with Crippen LogP contribution in [0.4, 0.5) is 34.1 Å². The quantitative estimate of drug-likeness (QED) is 0.147. The number of thiophene rings is 2. The van der Waals surface area contributed by atoms with Gasteiger partial charge in [0, 0.05) is 74.2 Å². The molecule has 0 N–H and O–H groups in total. The zero-order valence-corrected chi connectivity index (χ0v) is 57.1. The lowest BCUT2D eigenvalue weighted by Crippen LogP contribution is -2.61. The summed E-state index contributed by atoms with van der Waals surface area (Å²) in [4.78, 5) is 5.40. The predicted octanol–water partition coefficient (Wildman–Crippen LogP) is 24.0. The van der Waals surface area contributed by atoms with Crippen LogP contribution in [0.5, 0.6) is 0 Å². The van der Waals surface area contributed by atoms with E-state index in [1.54, 1.807) is 0 Å². The topological polar surface area (TPSA) is 6.48 Å². The minimum Gasteiger partial charge on any atom is -0.311 e. The van der Waals surface area contributed by atoms with Gasteiger partial charge < -0.3 is 9.80 Å². The molecule has 0 atom stereocenters. The second-order valence-corrected chi connectivity index (χ2v) is 32.4. The number of rotatable bonds is 7. The molecular formula is C88H77BN2S2. The Bertz CT molecular complexity index is 4940. The van der Waals surface area contributed by atoms with E-state index in [9.17, 15) is 0 Å². The van der Waals surface area contributed by atoms with Crippen LogP contribution in [0.25, 0.3) is 96.0 Å². The number of anilines is 6. The summed E-state index contributed by atoms with van der Waals surface area (Å²) < 4.78 is 5.20. The molecule has 0 spiro atoms. The van der Waals surface area contributed by atoms with Gasteiger partial charge in [-0.25, -0.2) is 0 Å². The van der Waals surface area contributed by atoms with E-state index >= 15 is 0 Å². The molecule has 0 amide bonds. The van der Waals surface area contributed by atoms with Crippen molar-refractivity contribution in [2.45, 2.75) is 105 Å². The van der Waals surface area contributed by atoms with Gasteiger partial charge in [-0.05, 0) is 184 Å². The van der Waals surface area contributed by atoms with Gasteiger partial charge in [-0.15, -0.1) is 22.7 Å². The number of hydrogen-bond acceptors (Lipinski definition) is 4. The van der Waals surface area contributed by atoms with Crippen molar-refractivity contribution in [1.82, 2.24) is 0 Å². The Balaban J connectivity index is 1.08.